The number of amidine groups is 1. The van der Waals surface area contributed by atoms with Crippen LogP contribution in [-0.2, 0) is 0 Å². The first kappa shape index (κ1) is 13.8. The summed E-state index contributed by atoms with van der Waals surface area (Å²) < 4.78 is 0. The maximum Gasteiger partial charge on any atom is 0.157 e. The van der Waals surface area contributed by atoms with Gasteiger partial charge in [0, 0.05) is 11.3 Å². The fraction of sp³-hybridized carbons (Fsp3) is 0.938. The van der Waals surface area contributed by atoms with E-state index < -0.39 is 0 Å². The lowest BCUT2D eigenvalue weighted by Gasteiger charge is -2.36. The molecule has 2 aliphatic carbocycles. The van der Waals surface area contributed by atoms with Crippen LogP contribution in [0.25, 0.3) is 0 Å². The van der Waals surface area contributed by atoms with E-state index in [1.165, 1.54) is 62.3 Å². The fourth-order valence-corrected chi connectivity index (χ4v) is 5.49. The molecule has 2 saturated carbocycles. The molecule has 0 bridgehead atoms. The van der Waals surface area contributed by atoms with E-state index in [-0.39, 0.29) is 0 Å². The number of hydrogen-bond acceptors (Lipinski definition) is 2. The van der Waals surface area contributed by atoms with Crippen molar-refractivity contribution in [2.45, 2.75) is 76.8 Å². The lowest BCUT2D eigenvalue weighted by atomic mass is 9.78. The molecule has 1 saturated heterocycles. The van der Waals surface area contributed by atoms with Crippen LogP contribution in [0.5, 0.6) is 0 Å². The maximum atomic E-state index is 5.00. The fourth-order valence-electron chi connectivity index (χ4n) is 4.21. The summed E-state index contributed by atoms with van der Waals surface area (Å²) in [4.78, 5) is 5.00. The molecule has 3 fully saturated rings. The molecule has 0 aromatic heterocycles. The van der Waals surface area contributed by atoms with Crippen molar-refractivity contribution in [2.24, 2.45) is 16.8 Å². The van der Waals surface area contributed by atoms with Gasteiger partial charge in [-0.25, -0.2) is 0 Å². The molecular formula is C16H28N2S. The summed E-state index contributed by atoms with van der Waals surface area (Å²) >= 11 is 1.98. The number of nitrogens with one attached hydrogen (secondary N) is 1. The number of thioether (sulfide) groups is 1. The van der Waals surface area contributed by atoms with Crippen molar-refractivity contribution in [3.05, 3.63) is 0 Å². The predicted octanol–water partition coefficient (Wildman–Crippen LogP) is 4.21. The van der Waals surface area contributed by atoms with E-state index in [1.807, 2.05) is 11.8 Å². The van der Waals surface area contributed by atoms with Crippen molar-refractivity contribution in [3.8, 4) is 0 Å². The summed E-state index contributed by atoms with van der Waals surface area (Å²) in [6, 6.07) is 0.522. The molecule has 2 nitrogen and oxygen atoms in total. The largest absolute Gasteiger partial charge is 0.359 e. The molecule has 1 aliphatic heterocycles. The molecule has 3 heteroatoms. The normalized spacial score (nSPS) is 39.9. The zero-order chi connectivity index (χ0) is 13.3. The van der Waals surface area contributed by atoms with Gasteiger partial charge in [-0.15, -0.1) is 0 Å². The van der Waals surface area contributed by atoms with Crippen LogP contribution in [0.15, 0.2) is 4.99 Å². The molecule has 0 radical (unpaired) electrons. The minimum absolute atomic E-state index is 0.385. The smallest absolute Gasteiger partial charge is 0.157 e. The molecule has 3 aliphatic rings. The Hall–Kier alpha value is -0.180. The second-order valence-electron chi connectivity index (χ2n) is 7.11. The van der Waals surface area contributed by atoms with Gasteiger partial charge in [0.25, 0.3) is 0 Å². The van der Waals surface area contributed by atoms with E-state index in [1.54, 1.807) is 0 Å². The Bertz CT molecular complexity index is 349. The van der Waals surface area contributed by atoms with Gasteiger partial charge >= 0.3 is 0 Å². The van der Waals surface area contributed by atoms with Gasteiger partial charge in [-0.1, -0.05) is 44.4 Å². The second-order valence-corrected chi connectivity index (χ2v) is 8.08. The van der Waals surface area contributed by atoms with E-state index >= 15 is 0 Å². The average Bonchev–Trinajstić information content (AvgIpc) is 3.00. The van der Waals surface area contributed by atoms with Crippen LogP contribution in [0.3, 0.4) is 0 Å². The third-order valence-corrected chi connectivity index (χ3v) is 6.53. The Balaban J connectivity index is 1.61. The van der Waals surface area contributed by atoms with Gasteiger partial charge in [0.1, 0.15) is 0 Å². The number of nitrogens with zero attached hydrogens (tertiary/aromatic N) is 1. The Kier molecular flexibility index (Phi) is 4.11. The van der Waals surface area contributed by atoms with Gasteiger partial charge in [-0.05, 0) is 44.4 Å². The molecule has 19 heavy (non-hydrogen) atoms. The molecular weight excluding hydrogens is 252 g/mol. The molecule has 1 N–H and O–H groups in total. The Morgan fingerprint density at radius 1 is 1.26 bits per heavy atom. The molecule has 1 heterocycles. The highest BCUT2D eigenvalue weighted by Gasteiger charge is 2.40. The van der Waals surface area contributed by atoms with E-state index in [2.05, 4.69) is 19.2 Å². The summed E-state index contributed by atoms with van der Waals surface area (Å²) in [6.45, 7) is 4.73. The topological polar surface area (TPSA) is 24.4 Å². The van der Waals surface area contributed by atoms with Crippen molar-refractivity contribution in [3.63, 3.8) is 0 Å². The molecule has 3 rings (SSSR count). The van der Waals surface area contributed by atoms with Crippen LogP contribution in [0.4, 0.5) is 0 Å². The summed E-state index contributed by atoms with van der Waals surface area (Å²) in [6.07, 6.45) is 11.1. The second kappa shape index (κ2) is 5.67. The van der Waals surface area contributed by atoms with E-state index in [4.69, 9.17) is 4.99 Å². The molecule has 0 aromatic rings. The highest BCUT2D eigenvalue weighted by atomic mass is 32.2. The Morgan fingerprint density at radius 2 is 2.05 bits per heavy atom. The van der Waals surface area contributed by atoms with Crippen LogP contribution in [-0.4, -0.2) is 22.5 Å². The number of hydrogen-bond donors (Lipinski definition) is 1. The van der Waals surface area contributed by atoms with Gasteiger partial charge in [0.15, 0.2) is 5.17 Å². The third kappa shape index (κ3) is 3.12. The van der Waals surface area contributed by atoms with Gasteiger partial charge in [-0.3, -0.25) is 4.99 Å². The first-order valence-corrected chi connectivity index (χ1v) is 9.14. The summed E-state index contributed by atoms with van der Waals surface area (Å²) in [5, 5.41) is 5.05. The van der Waals surface area contributed by atoms with Crippen molar-refractivity contribution in [2.75, 3.05) is 5.75 Å². The quantitative estimate of drug-likeness (QED) is 0.819. The number of aliphatic imine (C=N–C) groups is 1. The zero-order valence-corrected chi connectivity index (χ0v) is 13.3. The van der Waals surface area contributed by atoms with Crippen LogP contribution in [0.1, 0.15) is 65.2 Å². The van der Waals surface area contributed by atoms with E-state index in [0.717, 1.165) is 11.8 Å². The summed E-state index contributed by atoms with van der Waals surface area (Å²) in [5.74, 6) is 2.97. The minimum atomic E-state index is 0.385. The van der Waals surface area contributed by atoms with E-state index in [0.29, 0.717) is 11.6 Å². The van der Waals surface area contributed by atoms with Crippen LogP contribution < -0.4 is 5.32 Å². The lowest BCUT2D eigenvalue weighted by Crippen LogP contribution is -2.47. The SMILES string of the molecule is CC1CCCC2(CSC(=NC(C)C3CCCC3)N2)C1. The monoisotopic (exact) mass is 280 g/mol. The van der Waals surface area contributed by atoms with E-state index in [9.17, 15) is 0 Å². The third-order valence-electron chi connectivity index (χ3n) is 5.35. The van der Waals surface area contributed by atoms with Gasteiger partial charge in [0.05, 0.1) is 6.04 Å². The predicted molar refractivity (Wildman–Crippen MR) is 84.8 cm³/mol. The highest BCUT2D eigenvalue weighted by Crippen LogP contribution is 2.39. The molecule has 108 valence electrons. The maximum absolute atomic E-state index is 5.00. The van der Waals surface area contributed by atoms with Crippen molar-refractivity contribution >= 4 is 16.9 Å². The van der Waals surface area contributed by atoms with Gasteiger partial charge in [-0.2, -0.15) is 0 Å². The van der Waals surface area contributed by atoms with Gasteiger partial charge < -0.3 is 5.32 Å². The minimum Gasteiger partial charge on any atom is -0.359 e. The standard InChI is InChI=1S/C16H28N2S/c1-12-6-5-9-16(10-12)11-19-15(18-16)17-13(2)14-7-3-4-8-14/h12-14H,3-11H2,1-2H3,(H,17,18). The Morgan fingerprint density at radius 3 is 2.79 bits per heavy atom. The van der Waals surface area contributed by atoms with Crippen molar-refractivity contribution < 1.29 is 0 Å². The molecule has 1 spiro atoms. The van der Waals surface area contributed by atoms with Crippen LogP contribution in [0, 0.1) is 11.8 Å². The van der Waals surface area contributed by atoms with Crippen LogP contribution in [0.2, 0.25) is 0 Å². The number of rotatable bonds is 2. The average molecular weight is 280 g/mol. The molecule has 3 atom stereocenters. The van der Waals surface area contributed by atoms with Crippen LogP contribution >= 0.6 is 11.8 Å². The molecule has 0 amide bonds. The molecule has 3 unspecified atom stereocenters. The summed E-state index contributed by atoms with van der Waals surface area (Å²) in [7, 11) is 0. The first-order chi connectivity index (χ1) is 9.17. The van der Waals surface area contributed by atoms with Crippen molar-refractivity contribution in [1.82, 2.24) is 5.32 Å². The van der Waals surface area contributed by atoms with Crippen molar-refractivity contribution in [1.29, 1.82) is 0 Å². The summed E-state index contributed by atoms with van der Waals surface area (Å²) in [5.41, 5.74) is 0.385. The first-order valence-electron chi connectivity index (χ1n) is 8.16. The van der Waals surface area contributed by atoms with Gasteiger partial charge in [0.2, 0.25) is 0 Å². The highest BCUT2D eigenvalue weighted by molar-refractivity contribution is 8.14. The lowest BCUT2D eigenvalue weighted by molar-refractivity contribution is 0.242. The molecule has 0 aromatic carbocycles. The zero-order valence-electron chi connectivity index (χ0n) is 12.5. The Labute approximate surface area is 122 Å².